The summed E-state index contributed by atoms with van der Waals surface area (Å²) < 4.78 is 0. The fraction of sp³-hybridized carbons (Fsp3) is 0.800. The zero-order valence-corrected chi connectivity index (χ0v) is 15.0. The van der Waals surface area contributed by atoms with Crippen molar-refractivity contribution in [2.75, 3.05) is 13.6 Å². The summed E-state index contributed by atoms with van der Waals surface area (Å²) in [6.45, 7) is 5.72. The Morgan fingerprint density at radius 3 is 2.71 bits per heavy atom. The van der Waals surface area contributed by atoms with Gasteiger partial charge in [0.2, 0.25) is 0 Å². The van der Waals surface area contributed by atoms with Crippen molar-refractivity contribution in [1.82, 2.24) is 4.90 Å². The molecule has 3 aliphatic carbocycles. The average molecular weight is 331 g/mol. The Bertz CT molecular complexity index is 626. The number of ketones is 1. The first kappa shape index (κ1) is 16.2. The zero-order chi connectivity index (χ0) is 17.3. The normalized spacial score (nSPS) is 47.5. The van der Waals surface area contributed by atoms with Crippen LogP contribution >= 0.6 is 0 Å². The standard InChI is InChI=1S/C20H29NO3/c1-19-7-4-5-14(19)13-11-21(3)17-9-16(22)12(18(23)24)10-20(17,2)15(13)6-8-19/h9,12-15H,4-8,10-11H2,1-3H3,(H,23,24)/t12?,13-,14-,15+,19-,20+/m0/s1. The van der Waals surface area contributed by atoms with Gasteiger partial charge in [0.25, 0.3) is 0 Å². The van der Waals surface area contributed by atoms with Gasteiger partial charge in [0.15, 0.2) is 5.78 Å². The molecule has 4 rings (SSSR count). The summed E-state index contributed by atoms with van der Waals surface area (Å²) in [5.74, 6) is -0.113. The highest BCUT2D eigenvalue weighted by molar-refractivity contribution is 6.05. The number of carbonyl (C=O) groups is 2. The van der Waals surface area contributed by atoms with Crippen LogP contribution in [-0.4, -0.2) is 35.4 Å². The maximum atomic E-state index is 12.3. The van der Waals surface area contributed by atoms with Crippen LogP contribution in [-0.2, 0) is 9.59 Å². The van der Waals surface area contributed by atoms with Crippen LogP contribution in [0.1, 0.15) is 52.4 Å². The highest BCUT2D eigenvalue weighted by atomic mass is 16.4. The lowest BCUT2D eigenvalue weighted by molar-refractivity contribution is -0.149. The van der Waals surface area contributed by atoms with Crippen molar-refractivity contribution >= 4 is 11.8 Å². The number of allylic oxidation sites excluding steroid dienone is 2. The number of piperidine rings is 1. The summed E-state index contributed by atoms with van der Waals surface area (Å²) in [5, 5.41) is 9.50. The van der Waals surface area contributed by atoms with Crippen molar-refractivity contribution in [3.63, 3.8) is 0 Å². The van der Waals surface area contributed by atoms with Gasteiger partial charge in [-0.3, -0.25) is 9.59 Å². The number of hydrogen-bond donors (Lipinski definition) is 1. The number of carboxylic acid groups (broad SMARTS) is 1. The minimum atomic E-state index is -0.956. The van der Waals surface area contributed by atoms with Crippen LogP contribution in [0.3, 0.4) is 0 Å². The van der Waals surface area contributed by atoms with E-state index in [1.165, 1.54) is 32.1 Å². The summed E-state index contributed by atoms with van der Waals surface area (Å²) in [4.78, 5) is 26.1. The van der Waals surface area contributed by atoms with Gasteiger partial charge < -0.3 is 10.0 Å². The second-order valence-electron chi connectivity index (χ2n) is 9.29. The van der Waals surface area contributed by atoms with Crippen molar-refractivity contribution in [1.29, 1.82) is 0 Å². The number of nitrogens with zero attached hydrogens (tertiary/aromatic N) is 1. The third-order valence-corrected chi connectivity index (χ3v) is 8.07. The minimum Gasteiger partial charge on any atom is -0.481 e. The molecule has 4 heteroatoms. The zero-order valence-electron chi connectivity index (χ0n) is 15.0. The summed E-state index contributed by atoms with van der Waals surface area (Å²) in [6, 6.07) is 0. The largest absolute Gasteiger partial charge is 0.481 e. The third-order valence-electron chi connectivity index (χ3n) is 8.07. The maximum Gasteiger partial charge on any atom is 0.314 e. The topological polar surface area (TPSA) is 57.6 Å². The lowest BCUT2D eigenvalue weighted by Crippen LogP contribution is -2.57. The van der Waals surface area contributed by atoms with Gasteiger partial charge in [-0.25, -0.2) is 0 Å². The molecule has 0 amide bonds. The van der Waals surface area contributed by atoms with Gasteiger partial charge >= 0.3 is 5.97 Å². The molecule has 0 aromatic carbocycles. The molecule has 0 aromatic rings. The fourth-order valence-corrected chi connectivity index (χ4v) is 6.87. The molecule has 132 valence electrons. The average Bonchev–Trinajstić information content (AvgIpc) is 2.90. The number of aliphatic carboxylic acids is 1. The van der Waals surface area contributed by atoms with E-state index < -0.39 is 11.9 Å². The Morgan fingerprint density at radius 2 is 2.00 bits per heavy atom. The number of fused-ring (bicyclic) bond motifs is 5. The first-order valence-electron chi connectivity index (χ1n) is 9.46. The van der Waals surface area contributed by atoms with Gasteiger partial charge in [-0.05, 0) is 55.3 Å². The molecule has 6 atom stereocenters. The van der Waals surface area contributed by atoms with Crippen LogP contribution in [0.5, 0.6) is 0 Å². The van der Waals surface area contributed by atoms with Crippen molar-refractivity contribution in [2.24, 2.45) is 34.5 Å². The molecule has 1 saturated heterocycles. The lowest BCUT2D eigenvalue weighted by Gasteiger charge is -2.60. The van der Waals surface area contributed by atoms with Crippen molar-refractivity contribution < 1.29 is 14.7 Å². The number of rotatable bonds is 1. The maximum absolute atomic E-state index is 12.3. The van der Waals surface area contributed by atoms with Crippen molar-refractivity contribution in [3.8, 4) is 0 Å². The van der Waals surface area contributed by atoms with Gasteiger partial charge in [0.1, 0.15) is 5.92 Å². The third kappa shape index (κ3) is 2.04. The Kier molecular flexibility index (Phi) is 3.43. The summed E-state index contributed by atoms with van der Waals surface area (Å²) in [7, 11) is 2.09. The molecule has 3 fully saturated rings. The van der Waals surface area contributed by atoms with Crippen LogP contribution in [0.2, 0.25) is 0 Å². The Labute approximate surface area is 144 Å². The van der Waals surface area contributed by atoms with E-state index in [9.17, 15) is 14.7 Å². The molecule has 0 radical (unpaired) electrons. The number of carboxylic acids is 1. The van der Waals surface area contributed by atoms with Crippen LogP contribution in [0.25, 0.3) is 0 Å². The molecule has 0 spiro atoms. The number of carbonyl (C=O) groups excluding carboxylic acids is 1. The lowest BCUT2D eigenvalue weighted by atomic mass is 9.50. The van der Waals surface area contributed by atoms with E-state index in [4.69, 9.17) is 0 Å². The molecular formula is C20H29NO3. The smallest absolute Gasteiger partial charge is 0.314 e. The monoisotopic (exact) mass is 331 g/mol. The molecule has 1 aliphatic heterocycles. The van der Waals surface area contributed by atoms with E-state index in [-0.39, 0.29) is 11.2 Å². The summed E-state index contributed by atoms with van der Waals surface area (Å²) in [6.07, 6.45) is 8.58. The molecule has 4 nitrogen and oxygen atoms in total. The predicted molar refractivity (Wildman–Crippen MR) is 91.2 cm³/mol. The summed E-state index contributed by atoms with van der Waals surface area (Å²) in [5.41, 5.74) is 1.40. The summed E-state index contributed by atoms with van der Waals surface area (Å²) >= 11 is 0. The Morgan fingerprint density at radius 1 is 1.25 bits per heavy atom. The second kappa shape index (κ2) is 5.09. The van der Waals surface area contributed by atoms with Gasteiger partial charge in [-0.15, -0.1) is 0 Å². The van der Waals surface area contributed by atoms with E-state index in [2.05, 4.69) is 25.8 Å². The molecule has 24 heavy (non-hydrogen) atoms. The molecule has 1 unspecified atom stereocenters. The molecule has 1 N–H and O–H groups in total. The van der Waals surface area contributed by atoms with E-state index in [1.54, 1.807) is 6.08 Å². The molecule has 0 aromatic heterocycles. The quantitative estimate of drug-likeness (QED) is 0.749. The van der Waals surface area contributed by atoms with Crippen molar-refractivity contribution in [2.45, 2.75) is 52.4 Å². The molecule has 2 saturated carbocycles. The Balaban J connectivity index is 1.74. The first-order valence-corrected chi connectivity index (χ1v) is 9.46. The van der Waals surface area contributed by atoms with Gasteiger partial charge in [-0.2, -0.15) is 0 Å². The molecule has 4 aliphatic rings. The SMILES string of the molecule is CN1C[C@@H]2[C@@H](CC[C@]3(C)CCC[C@@H]23)[C@@]2(C)CC(C(=O)O)C(=O)C=C12. The van der Waals surface area contributed by atoms with E-state index in [1.807, 2.05) is 0 Å². The van der Waals surface area contributed by atoms with E-state index in [0.717, 1.165) is 18.2 Å². The van der Waals surface area contributed by atoms with E-state index >= 15 is 0 Å². The van der Waals surface area contributed by atoms with Crippen LogP contribution in [0, 0.1) is 34.5 Å². The van der Waals surface area contributed by atoms with Crippen LogP contribution in [0.15, 0.2) is 11.8 Å². The van der Waals surface area contributed by atoms with Gasteiger partial charge in [0.05, 0.1) is 0 Å². The molecular weight excluding hydrogens is 302 g/mol. The Hall–Kier alpha value is -1.32. The van der Waals surface area contributed by atoms with Crippen molar-refractivity contribution in [3.05, 3.63) is 11.8 Å². The number of likely N-dealkylation sites (tertiary alicyclic amines) is 1. The van der Waals surface area contributed by atoms with E-state index in [0.29, 0.717) is 23.7 Å². The van der Waals surface area contributed by atoms with Gasteiger partial charge in [0, 0.05) is 30.8 Å². The second-order valence-corrected chi connectivity index (χ2v) is 9.29. The minimum absolute atomic E-state index is 0.168. The molecule has 1 heterocycles. The van der Waals surface area contributed by atoms with Crippen LogP contribution < -0.4 is 0 Å². The highest BCUT2D eigenvalue weighted by Gasteiger charge is 2.59. The highest BCUT2D eigenvalue weighted by Crippen LogP contribution is 2.64. The fourth-order valence-electron chi connectivity index (χ4n) is 6.87. The van der Waals surface area contributed by atoms with Gasteiger partial charge in [-0.1, -0.05) is 20.3 Å². The first-order chi connectivity index (χ1) is 11.3. The molecule has 0 bridgehead atoms. The van der Waals surface area contributed by atoms with Crippen LogP contribution in [0.4, 0.5) is 0 Å². The predicted octanol–water partition coefficient (Wildman–Crippen LogP) is 3.33. The number of hydrogen-bond acceptors (Lipinski definition) is 3.